The van der Waals surface area contributed by atoms with Crippen LogP contribution in [-0.2, 0) is 6.42 Å². The Hall–Kier alpha value is -1.61. The Balaban J connectivity index is 1.87. The van der Waals surface area contributed by atoms with Crippen molar-refractivity contribution in [1.82, 2.24) is 4.98 Å². The topological polar surface area (TPSA) is 22.1 Å². The molecule has 0 aliphatic carbocycles. The molecule has 0 N–H and O–H groups in total. The van der Waals surface area contributed by atoms with Gasteiger partial charge >= 0.3 is 0 Å². The van der Waals surface area contributed by atoms with Crippen LogP contribution < -0.4 is 4.74 Å². The first-order valence-electron chi connectivity index (χ1n) is 5.24. The van der Waals surface area contributed by atoms with Gasteiger partial charge in [-0.25, -0.2) is 9.37 Å². The monoisotopic (exact) mass is 251 g/mol. The van der Waals surface area contributed by atoms with Gasteiger partial charge in [0.25, 0.3) is 0 Å². The van der Waals surface area contributed by atoms with Crippen molar-refractivity contribution < 1.29 is 9.13 Å². The van der Waals surface area contributed by atoms with Crippen LogP contribution in [0.1, 0.15) is 5.56 Å². The first-order chi connectivity index (χ1) is 8.24. The molecule has 2 nitrogen and oxygen atoms in total. The van der Waals surface area contributed by atoms with Crippen molar-refractivity contribution in [3.05, 3.63) is 59.0 Å². The lowest BCUT2D eigenvalue weighted by Gasteiger charge is -2.05. The lowest BCUT2D eigenvalue weighted by molar-refractivity contribution is 0.309. The predicted molar refractivity (Wildman–Crippen MR) is 64.8 cm³/mol. The van der Waals surface area contributed by atoms with Crippen LogP contribution in [0.3, 0.4) is 0 Å². The van der Waals surface area contributed by atoms with E-state index in [1.54, 1.807) is 24.3 Å². The first-order valence-corrected chi connectivity index (χ1v) is 5.61. The van der Waals surface area contributed by atoms with E-state index in [1.165, 1.54) is 12.1 Å². The normalized spacial score (nSPS) is 10.2. The van der Waals surface area contributed by atoms with Gasteiger partial charge in [0.05, 0.1) is 6.61 Å². The Morgan fingerprint density at radius 3 is 2.76 bits per heavy atom. The van der Waals surface area contributed by atoms with Crippen molar-refractivity contribution in [2.45, 2.75) is 6.42 Å². The maximum atomic E-state index is 12.9. The zero-order valence-electron chi connectivity index (χ0n) is 9.07. The summed E-state index contributed by atoms with van der Waals surface area (Å²) in [6, 6.07) is 11.6. The van der Waals surface area contributed by atoms with Gasteiger partial charge in [0.1, 0.15) is 11.0 Å². The minimum Gasteiger partial charge on any atom is -0.477 e. The highest BCUT2D eigenvalue weighted by Crippen LogP contribution is 2.12. The van der Waals surface area contributed by atoms with Gasteiger partial charge in [-0.2, -0.15) is 0 Å². The van der Waals surface area contributed by atoms with E-state index in [2.05, 4.69) is 4.98 Å². The van der Waals surface area contributed by atoms with Gasteiger partial charge in [0.2, 0.25) is 5.88 Å². The van der Waals surface area contributed by atoms with Gasteiger partial charge in [0.15, 0.2) is 0 Å². The molecule has 1 heterocycles. The summed E-state index contributed by atoms with van der Waals surface area (Å²) in [6.07, 6.45) is 0.631. The average Bonchev–Trinajstić information content (AvgIpc) is 2.29. The summed E-state index contributed by atoms with van der Waals surface area (Å²) < 4.78 is 18.3. The summed E-state index contributed by atoms with van der Waals surface area (Å²) in [5, 5.41) is 0.397. The van der Waals surface area contributed by atoms with Crippen molar-refractivity contribution in [2.24, 2.45) is 0 Å². The number of halogens is 2. The molecule has 0 bridgehead atoms. The van der Waals surface area contributed by atoms with Crippen molar-refractivity contribution in [3.8, 4) is 5.88 Å². The lowest BCUT2D eigenvalue weighted by atomic mass is 10.2. The Labute approximate surface area is 104 Å². The van der Waals surface area contributed by atoms with Gasteiger partial charge in [-0.1, -0.05) is 29.8 Å². The fraction of sp³-hybridized carbons (Fsp3) is 0.154. The molecule has 1 aromatic heterocycles. The van der Waals surface area contributed by atoms with E-state index in [0.29, 0.717) is 24.1 Å². The molecule has 0 fully saturated rings. The van der Waals surface area contributed by atoms with Crippen LogP contribution in [0.5, 0.6) is 5.88 Å². The molecule has 0 saturated carbocycles. The van der Waals surface area contributed by atoms with E-state index in [-0.39, 0.29) is 5.82 Å². The van der Waals surface area contributed by atoms with Crippen molar-refractivity contribution >= 4 is 11.6 Å². The molecule has 0 aliphatic rings. The standard InChI is InChI=1S/C13H11ClFNO/c14-12-5-2-6-13(16-12)17-8-7-10-3-1-4-11(15)9-10/h1-6,9H,7-8H2. The predicted octanol–water partition coefficient (Wildman–Crippen LogP) is 3.50. The SMILES string of the molecule is Fc1cccc(CCOc2cccc(Cl)n2)c1. The molecule has 0 saturated heterocycles. The number of benzene rings is 1. The third-order valence-electron chi connectivity index (χ3n) is 2.22. The van der Waals surface area contributed by atoms with Gasteiger partial charge in [-0.05, 0) is 23.8 Å². The van der Waals surface area contributed by atoms with Crippen LogP contribution in [0.4, 0.5) is 4.39 Å². The highest BCUT2D eigenvalue weighted by atomic mass is 35.5. The van der Waals surface area contributed by atoms with Crippen LogP contribution >= 0.6 is 11.6 Å². The fourth-order valence-electron chi connectivity index (χ4n) is 1.44. The molecule has 2 aromatic rings. The maximum absolute atomic E-state index is 12.9. The third kappa shape index (κ3) is 3.71. The number of ether oxygens (including phenoxy) is 1. The highest BCUT2D eigenvalue weighted by molar-refractivity contribution is 6.29. The largest absolute Gasteiger partial charge is 0.477 e. The molecule has 88 valence electrons. The van der Waals surface area contributed by atoms with Crippen LogP contribution in [0.15, 0.2) is 42.5 Å². The summed E-state index contributed by atoms with van der Waals surface area (Å²) in [5.41, 5.74) is 0.895. The summed E-state index contributed by atoms with van der Waals surface area (Å²) in [7, 11) is 0. The zero-order valence-corrected chi connectivity index (χ0v) is 9.82. The molecule has 0 spiro atoms. The summed E-state index contributed by atoms with van der Waals surface area (Å²) >= 11 is 5.72. The Kier molecular flexibility index (Phi) is 3.94. The quantitative estimate of drug-likeness (QED) is 0.776. The average molecular weight is 252 g/mol. The first kappa shape index (κ1) is 11.9. The molecule has 0 unspecified atom stereocenters. The van der Waals surface area contributed by atoms with Crippen molar-refractivity contribution in [1.29, 1.82) is 0 Å². The molecule has 0 aliphatic heterocycles. The van der Waals surface area contributed by atoms with Gasteiger partial charge in [-0.3, -0.25) is 0 Å². The third-order valence-corrected chi connectivity index (χ3v) is 2.43. The van der Waals surface area contributed by atoms with Crippen molar-refractivity contribution in [2.75, 3.05) is 6.61 Å². The van der Waals surface area contributed by atoms with Gasteiger partial charge in [0, 0.05) is 12.5 Å². The molecule has 0 radical (unpaired) electrons. The minimum atomic E-state index is -0.233. The summed E-state index contributed by atoms with van der Waals surface area (Å²) in [4.78, 5) is 3.99. The number of rotatable bonds is 4. The second-order valence-corrected chi connectivity index (χ2v) is 3.91. The Morgan fingerprint density at radius 1 is 1.18 bits per heavy atom. The van der Waals surface area contributed by atoms with Gasteiger partial charge < -0.3 is 4.74 Å². The molecule has 2 rings (SSSR count). The molecule has 1 aromatic carbocycles. The highest BCUT2D eigenvalue weighted by Gasteiger charge is 1.98. The van der Waals surface area contributed by atoms with E-state index >= 15 is 0 Å². The zero-order chi connectivity index (χ0) is 12.1. The molecule has 4 heteroatoms. The van der Waals surface area contributed by atoms with Crippen LogP contribution in [0, 0.1) is 5.82 Å². The van der Waals surface area contributed by atoms with E-state index in [4.69, 9.17) is 16.3 Å². The lowest BCUT2D eigenvalue weighted by Crippen LogP contribution is -2.02. The van der Waals surface area contributed by atoms with Crippen LogP contribution in [-0.4, -0.2) is 11.6 Å². The second kappa shape index (κ2) is 5.64. The summed E-state index contributed by atoms with van der Waals surface area (Å²) in [6.45, 7) is 0.441. The molecular weight excluding hydrogens is 241 g/mol. The molecule has 0 atom stereocenters. The van der Waals surface area contributed by atoms with E-state index in [1.807, 2.05) is 6.07 Å². The van der Waals surface area contributed by atoms with E-state index in [9.17, 15) is 4.39 Å². The van der Waals surface area contributed by atoms with E-state index < -0.39 is 0 Å². The number of nitrogens with zero attached hydrogens (tertiary/aromatic N) is 1. The van der Waals surface area contributed by atoms with E-state index in [0.717, 1.165) is 5.56 Å². The Morgan fingerprint density at radius 2 is 2.00 bits per heavy atom. The summed E-state index contributed by atoms with van der Waals surface area (Å²) in [5.74, 6) is 0.247. The van der Waals surface area contributed by atoms with Crippen LogP contribution in [0.25, 0.3) is 0 Å². The van der Waals surface area contributed by atoms with Gasteiger partial charge in [-0.15, -0.1) is 0 Å². The minimum absolute atomic E-state index is 0.233. The molecule has 0 amide bonds. The number of pyridine rings is 1. The second-order valence-electron chi connectivity index (χ2n) is 3.53. The van der Waals surface area contributed by atoms with Crippen molar-refractivity contribution in [3.63, 3.8) is 0 Å². The number of aromatic nitrogens is 1. The molecular formula is C13H11ClFNO. The van der Waals surface area contributed by atoms with Crippen LogP contribution in [0.2, 0.25) is 5.15 Å². The molecule has 17 heavy (non-hydrogen) atoms. The number of hydrogen-bond acceptors (Lipinski definition) is 2. The Bertz CT molecular complexity index is 459. The smallest absolute Gasteiger partial charge is 0.214 e. The fourth-order valence-corrected chi connectivity index (χ4v) is 1.59. The maximum Gasteiger partial charge on any atom is 0.214 e. The number of hydrogen-bond donors (Lipinski definition) is 0.